The number of nitrogens with zero attached hydrogens (tertiary/aromatic N) is 4. The maximum Gasteiger partial charge on any atom is 0.323 e. The topological polar surface area (TPSA) is 92.3 Å². The molecule has 2 N–H and O–H groups in total. The Morgan fingerprint density at radius 1 is 1.15 bits per heavy atom. The zero-order chi connectivity index (χ0) is 15.0. The number of carbonyl (C=O) groups excluding carboxylic acids is 1. The number of aromatic nitrogens is 3. The minimum absolute atomic E-state index is 0.0635. The second-order valence-electron chi connectivity index (χ2n) is 4.29. The van der Waals surface area contributed by atoms with Gasteiger partial charge in [-0.25, -0.2) is 0 Å². The molecule has 1 rings (SSSR count). The Morgan fingerprint density at radius 3 is 2.35 bits per heavy atom. The van der Waals surface area contributed by atoms with Gasteiger partial charge in [0.25, 0.3) is 0 Å². The average Bonchev–Trinajstić information content (AvgIpc) is 2.42. The molecule has 112 valence electrons. The molecule has 8 heteroatoms. The molecular formula is C12H22N6O2. The number of likely N-dealkylation sites (N-methyl/N-ethyl adjacent to an activating group) is 1. The molecule has 20 heavy (non-hydrogen) atoms. The van der Waals surface area contributed by atoms with E-state index in [0.29, 0.717) is 25.0 Å². The molecule has 0 aliphatic carbocycles. The Morgan fingerprint density at radius 2 is 1.80 bits per heavy atom. The highest BCUT2D eigenvalue weighted by Gasteiger charge is 2.09. The summed E-state index contributed by atoms with van der Waals surface area (Å²) in [5.41, 5.74) is 0. The van der Waals surface area contributed by atoms with Crippen molar-refractivity contribution in [1.29, 1.82) is 0 Å². The molecular weight excluding hydrogens is 260 g/mol. The van der Waals surface area contributed by atoms with Crippen LogP contribution in [0.5, 0.6) is 6.01 Å². The van der Waals surface area contributed by atoms with Gasteiger partial charge in [-0.2, -0.15) is 15.0 Å². The maximum absolute atomic E-state index is 11.5. The summed E-state index contributed by atoms with van der Waals surface area (Å²) in [5.74, 6) is 0.678. The van der Waals surface area contributed by atoms with Crippen LogP contribution in [-0.2, 0) is 4.79 Å². The molecule has 8 nitrogen and oxygen atoms in total. The Bertz CT molecular complexity index is 438. The van der Waals surface area contributed by atoms with E-state index < -0.39 is 0 Å². The highest BCUT2D eigenvalue weighted by Crippen LogP contribution is 2.11. The zero-order valence-electron chi connectivity index (χ0n) is 12.4. The number of ether oxygens (including phenoxy) is 1. The van der Waals surface area contributed by atoms with Crippen LogP contribution < -0.4 is 15.4 Å². The molecule has 1 amide bonds. The monoisotopic (exact) mass is 282 g/mol. The van der Waals surface area contributed by atoms with Crippen molar-refractivity contribution in [2.75, 3.05) is 44.4 Å². The number of anilines is 2. The van der Waals surface area contributed by atoms with Gasteiger partial charge < -0.3 is 20.3 Å². The van der Waals surface area contributed by atoms with Crippen molar-refractivity contribution in [1.82, 2.24) is 19.9 Å². The summed E-state index contributed by atoms with van der Waals surface area (Å²) in [6.45, 7) is 5.29. The van der Waals surface area contributed by atoms with Gasteiger partial charge in [-0.15, -0.1) is 0 Å². The molecule has 0 atom stereocenters. The Kier molecular flexibility index (Phi) is 6.48. The summed E-state index contributed by atoms with van der Waals surface area (Å²) < 4.78 is 5.40. The van der Waals surface area contributed by atoms with Gasteiger partial charge >= 0.3 is 6.01 Å². The molecule has 0 spiro atoms. The molecule has 0 saturated heterocycles. The number of nitrogens with one attached hydrogen (secondary N) is 2. The highest BCUT2D eigenvalue weighted by atomic mass is 16.5. The number of hydrogen-bond acceptors (Lipinski definition) is 7. The lowest BCUT2D eigenvalue weighted by Gasteiger charge is -2.12. The van der Waals surface area contributed by atoms with Crippen molar-refractivity contribution in [3.8, 4) is 6.01 Å². The number of hydrogen-bond donors (Lipinski definition) is 2. The van der Waals surface area contributed by atoms with Gasteiger partial charge in [0.15, 0.2) is 0 Å². The van der Waals surface area contributed by atoms with Gasteiger partial charge in [0.1, 0.15) is 0 Å². The molecule has 1 heterocycles. The van der Waals surface area contributed by atoms with E-state index in [1.165, 1.54) is 4.90 Å². The van der Waals surface area contributed by atoms with Crippen LogP contribution in [0, 0.1) is 0 Å². The maximum atomic E-state index is 11.5. The summed E-state index contributed by atoms with van der Waals surface area (Å²) in [6.07, 6.45) is 0.865. The standard InChI is InChI=1S/C12H22N6O2/c1-5-7-20-12-16-10(13-6-2)15-11(17-12)14-8-9(19)18(3)4/h5-8H2,1-4H3,(H2,13,14,15,16,17). The van der Waals surface area contributed by atoms with Gasteiger partial charge in [0.2, 0.25) is 17.8 Å². The summed E-state index contributed by atoms with van der Waals surface area (Å²) in [6, 6.07) is 0.248. The van der Waals surface area contributed by atoms with E-state index in [4.69, 9.17) is 4.74 Å². The van der Waals surface area contributed by atoms with Crippen LogP contribution in [0.2, 0.25) is 0 Å². The molecule has 0 unspecified atom stereocenters. The zero-order valence-corrected chi connectivity index (χ0v) is 12.4. The molecule has 1 aromatic rings. The number of rotatable bonds is 8. The summed E-state index contributed by atoms with van der Waals surface area (Å²) in [5, 5.41) is 5.87. The molecule has 0 aromatic carbocycles. The van der Waals surface area contributed by atoms with Gasteiger partial charge in [0.05, 0.1) is 13.2 Å². The third-order valence-electron chi connectivity index (χ3n) is 2.28. The molecule has 0 fully saturated rings. The van der Waals surface area contributed by atoms with Crippen molar-refractivity contribution in [2.24, 2.45) is 0 Å². The van der Waals surface area contributed by atoms with Crippen LogP contribution in [0.1, 0.15) is 20.3 Å². The van der Waals surface area contributed by atoms with Crippen molar-refractivity contribution in [3.05, 3.63) is 0 Å². The first-order chi connectivity index (χ1) is 9.56. The van der Waals surface area contributed by atoms with E-state index in [2.05, 4.69) is 25.6 Å². The predicted molar refractivity (Wildman–Crippen MR) is 77.0 cm³/mol. The van der Waals surface area contributed by atoms with E-state index in [-0.39, 0.29) is 18.5 Å². The Labute approximate surface area is 119 Å². The third kappa shape index (κ3) is 5.25. The third-order valence-corrected chi connectivity index (χ3v) is 2.28. The first-order valence-electron chi connectivity index (χ1n) is 6.63. The fraction of sp³-hybridized carbons (Fsp3) is 0.667. The van der Waals surface area contributed by atoms with E-state index in [1.807, 2.05) is 13.8 Å². The van der Waals surface area contributed by atoms with Gasteiger partial charge in [-0.1, -0.05) is 6.92 Å². The largest absolute Gasteiger partial charge is 0.463 e. The second kappa shape index (κ2) is 8.13. The van der Waals surface area contributed by atoms with E-state index in [9.17, 15) is 4.79 Å². The summed E-state index contributed by atoms with van der Waals surface area (Å²) >= 11 is 0. The molecule has 0 bridgehead atoms. The fourth-order valence-electron chi connectivity index (χ4n) is 1.24. The molecule has 0 aliphatic heterocycles. The normalized spacial score (nSPS) is 10.0. The second-order valence-corrected chi connectivity index (χ2v) is 4.29. The van der Waals surface area contributed by atoms with Crippen molar-refractivity contribution in [3.63, 3.8) is 0 Å². The molecule has 0 radical (unpaired) electrons. The van der Waals surface area contributed by atoms with Crippen molar-refractivity contribution < 1.29 is 9.53 Å². The minimum atomic E-state index is -0.0635. The number of carbonyl (C=O) groups is 1. The van der Waals surface area contributed by atoms with Crippen LogP contribution in [0.25, 0.3) is 0 Å². The number of amides is 1. The quantitative estimate of drug-likeness (QED) is 0.721. The first kappa shape index (κ1) is 15.9. The van der Waals surface area contributed by atoms with Crippen LogP contribution in [0.3, 0.4) is 0 Å². The van der Waals surface area contributed by atoms with E-state index >= 15 is 0 Å². The molecule has 0 aliphatic rings. The first-order valence-corrected chi connectivity index (χ1v) is 6.63. The van der Waals surface area contributed by atoms with Gasteiger partial charge in [0, 0.05) is 20.6 Å². The van der Waals surface area contributed by atoms with Crippen LogP contribution in [-0.4, -0.2) is 59.6 Å². The smallest absolute Gasteiger partial charge is 0.323 e. The van der Waals surface area contributed by atoms with Gasteiger partial charge in [-0.05, 0) is 13.3 Å². The lowest BCUT2D eigenvalue weighted by atomic mass is 10.5. The average molecular weight is 282 g/mol. The minimum Gasteiger partial charge on any atom is -0.463 e. The van der Waals surface area contributed by atoms with E-state index in [1.54, 1.807) is 14.1 Å². The van der Waals surface area contributed by atoms with Crippen LogP contribution >= 0.6 is 0 Å². The lowest BCUT2D eigenvalue weighted by Crippen LogP contribution is -2.29. The summed E-state index contributed by atoms with van der Waals surface area (Å²) in [7, 11) is 3.38. The highest BCUT2D eigenvalue weighted by molar-refractivity contribution is 5.79. The SMILES string of the molecule is CCCOc1nc(NCC)nc(NCC(=O)N(C)C)n1. The van der Waals surface area contributed by atoms with Crippen molar-refractivity contribution in [2.45, 2.75) is 20.3 Å². The van der Waals surface area contributed by atoms with Crippen molar-refractivity contribution >= 4 is 17.8 Å². The fourth-order valence-corrected chi connectivity index (χ4v) is 1.24. The molecule has 0 saturated carbocycles. The predicted octanol–water partition coefficient (Wildman–Crippen LogP) is 0.592. The van der Waals surface area contributed by atoms with Crippen LogP contribution in [0.4, 0.5) is 11.9 Å². The summed E-state index contributed by atoms with van der Waals surface area (Å²) in [4.78, 5) is 25.4. The van der Waals surface area contributed by atoms with Crippen LogP contribution in [0.15, 0.2) is 0 Å². The Balaban J connectivity index is 2.76. The van der Waals surface area contributed by atoms with Gasteiger partial charge in [-0.3, -0.25) is 4.79 Å². The van der Waals surface area contributed by atoms with E-state index in [0.717, 1.165) is 6.42 Å². The Hall–Kier alpha value is -2.12. The molecule has 1 aromatic heterocycles. The lowest BCUT2D eigenvalue weighted by molar-refractivity contribution is -0.126.